The van der Waals surface area contributed by atoms with Crippen molar-refractivity contribution in [3.8, 4) is 0 Å². The first kappa shape index (κ1) is 37.0. The van der Waals surface area contributed by atoms with Crippen molar-refractivity contribution >= 4 is 22.0 Å². The number of rotatable bonds is 20. The Morgan fingerprint density at radius 1 is 0.825 bits per heavy atom. The number of halogens is 6. The minimum atomic E-state index is -5.77. The van der Waals surface area contributed by atoms with Crippen LogP contribution in [0, 0.1) is 0 Å². The van der Waals surface area contributed by atoms with E-state index in [1.54, 1.807) is 24.3 Å². The number of benzene rings is 1. The fourth-order valence-corrected chi connectivity index (χ4v) is 22.3. The molecule has 0 heterocycles. The van der Waals surface area contributed by atoms with Crippen LogP contribution in [-0.2, 0) is 21.6 Å². The van der Waals surface area contributed by atoms with E-state index in [4.69, 9.17) is 4.74 Å². The maximum absolute atomic E-state index is 14.9. The third-order valence-corrected chi connectivity index (χ3v) is 23.2. The molecule has 0 amide bonds. The van der Waals surface area contributed by atoms with Crippen molar-refractivity contribution in [3.05, 3.63) is 54.6 Å². The molecule has 0 fully saturated rings. The van der Waals surface area contributed by atoms with Gasteiger partial charge in [0.25, 0.3) is 0 Å². The molecule has 0 saturated carbocycles. The third-order valence-electron chi connectivity index (χ3n) is 7.43. The second kappa shape index (κ2) is 17.2. The Balaban J connectivity index is 4.21. The van der Waals surface area contributed by atoms with Gasteiger partial charge in [-0.15, -0.1) is 0 Å². The topological polar surface area (TPSA) is 21.7 Å². The van der Waals surface area contributed by atoms with Crippen LogP contribution >= 0.6 is 0 Å². The van der Waals surface area contributed by atoms with Crippen LogP contribution in [0.1, 0.15) is 70.4 Å². The summed E-state index contributed by atoms with van der Waals surface area (Å²) in [4.78, 5) is 1.85. The van der Waals surface area contributed by atoms with E-state index in [9.17, 15) is 26.3 Å². The van der Waals surface area contributed by atoms with Gasteiger partial charge in [-0.25, -0.2) is 0 Å². The number of ether oxygens (including phenoxy) is 2. The van der Waals surface area contributed by atoms with E-state index < -0.39 is 48.7 Å². The van der Waals surface area contributed by atoms with Gasteiger partial charge in [-0.2, -0.15) is 0 Å². The van der Waals surface area contributed by atoms with Crippen LogP contribution in [0.2, 0.25) is 13.3 Å². The summed E-state index contributed by atoms with van der Waals surface area (Å²) in [6.07, 6.45) is -3.45. The molecule has 0 aliphatic carbocycles. The number of hydrogen-bond acceptors (Lipinski definition) is 3. The average molecular weight is 686 g/mol. The molecular weight excluding hydrogens is 639 g/mol. The van der Waals surface area contributed by atoms with E-state index in [0.717, 1.165) is 51.7 Å². The molecule has 0 aliphatic heterocycles. The van der Waals surface area contributed by atoms with Gasteiger partial charge in [-0.1, -0.05) is 0 Å². The predicted molar refractivity (Wildman–Crippen MR) is 153 cm³/mol. The van der Waals surface area contributed by atoms with Crippen LogP contribution in [0.15, 0.2) is 43.5 Å². The first-order chi connectivity index (χ1) is 18.8. The molecule has 10 heteroatoms. The summed E-state index contributed by atoms with van der Waals surface area (Å²) in [5, 5.41) is 0. The molecule has 0 spiro atoms. The molecule has 0 atom stereocenters. The van der Waals surface area contributed by atoms with E-state index in [0.29, 0.717) is 32.0 Å². The second-order valence-corrected chi connectivity index (χ2v) is 23.6. The number of alkyl halides is 6. The maximum atomic E-state index is 14.9. The monoisotopic (exact) mass is 687 g/mol. The Morgan fingerprint density at radius 2 is 1.30 bits per heavy atom. The van der Waals surface area contributed by atoms with Gasteiger partial charge in [-0.05, 0) is 0 Å². The van der Waals surface area contributed by atoms with Gasteiger partial charge in [0.05, 0.1) is 0 Å². The third kappa shape index (κ3) is 9.23. The summed E-state index contributed by atoms with van der Waals surface area (Å²) in [5.41, 5.74) is -4.95. The molecule has 230 valence electrons. The molecule has 1 aromatic rings. The summed E-state index contributed by atoms with van der Waals surface area (Å²) in [5.74, 6) is 0. The van der Waals surface area contributed by atoms with Crippen LogP contribution in [0.4, 0.5) is 26.3 Å². The summed E-state index contributed by atoms with van der Waals surface area (Å²) in [6, 6.07) is 4.41. The van der Waals surface area contributed by atoms with Gasteiger partial charge in [0.15, 0.2) is 0 Å². The Hall–Kier alpha value is -1.04. The van der Waals surface area contributed by atoms with E-state index in [1.807, 2.05) is 25.7 Å². The summed E-state index contributed by atoms with van der Waals surface area (Å²) in [7, 11) is 1.02. The van der Waals surface area contributed by atoms with Crippen molar-refractivity contribution in [1.29, 1.82) is 0 Å². The van der Waals surface area contributed by atoms with Crippen molar-refractivity contribution in [2.24, 2.45) is 0 Å². The van der Waals surface area contributed by atoms with Gasteiger partial charge < -0.3 is 0 Å². The van der Waals surface area contributed by atoms with Crippen LogP contribution in [0.5, 0.6) is 0 Å². The molecule has 0 aliphatic rings. The van der Waals surface area contributed by atoms with Gasteiger partial charge in [-0.3, -0.25) is 0 Å². The summed E-state index contributed by atoms with van der Waals surface area (Å²) >= 11 is -3.86. The predicted octanol–water partition coefficient (Wildman–Crippen LogP) is 8.86. The van der Waals surface area contributed by atoms with E-state index in [1.165, 1.54) is 0 Å². The fourth-order valence-electron chi connectivity index (χ4n) is 5.45. The van der Waals surface area contributed by atoms with Crippen LogP contribution in [0.3, 0.4) is 0 Å². The van der Waals surface area contributed by atoms with Gasteiger partial charge in [0.1, 0.15) is 0 Å². The van der Waals surface area contributed by atoms with Crippen LogP contribution in [0.25, 0.3) is 0 Å². The minimum absolute atomic E-state index is 0.142. The Morgan fingerprint density at radius 3 is 1.68 bits per heavy atom. The molecule has 0 saturated heterocycles. The Bertz CT molecular complexity index is 857. The zero-order chi connectivity index (χ0) is 30.5. The second-order valence-electron chi connectivity index (χ2n) is 10.5. The van der Waals surface area contributed by atoms with Crippen molar-refractivity contribution in [1.82, 2.24) is 4.90 Å². The fraction of sp³-hybridized carbons (Fsp3) is 0.667. The van der Waals surface area contributed by atoms with Gasteiger partial charge in [0.2, 0.25) is 0 Å². The molecular formula is C30H47F6NO2Sn. The van der Waals surface area contributed by atoms with Crippen LogP contribution in [-0.4, -0.2) is 62.6 Å². The molecule has 0 unspecified atom stereocenters. The summed E-state index contributed by atoms with van der Waals surface area (Å²) in [6.45, 7) is 13.2. The van der Waals surface area contributed by atoms with E-state index >= 15 is 0 Å². The standard InChI is InChI=1S/C18H20F6NO2.3C4H9.Sn/c1-4-9-25(10-5-2)12-14-7-6-8-15(11-14)16(17(19,20)21,18(22,23)24)27-13-26-3;3*1-3-4-2;/h4-7,11H,1-2,9-10,12-13H2,3H3;3*1,3-4H2,2H3;. The van der Waals surface area contributed by atoms with Crippen molar-refractivity contribution in [3.63, 3.8) is 0 Å². The first-order valence-electron chi connectivity index (χ1n) is 14.2. The number of methoxy groups -OCH3 is 1. The molecule has 0 N–H and O–H groups in total. The Labute approximate surface area is 240 Å². The first-order valence-corrected chi connectivity index (χ1v) is 21.7. The molecule has 0 aromatic heterocycles. The number of hydrogen-bond donors (Lipinski definition) is 0. The Kier molecular flexibility index (Phi) is 15.9. The normalized spacial score (nSPS) is 13.2. The molecule has 3 nitrogen and oxygen atoms in total. The SMILES string of the molecule is C=CCN(CC=C)Cc1cc[c]([Sn]([CH2]CCC)([CH2]CCC)[CH2]CCC)c(C(OCOC)(C(F)(F)F)C(F)(F)F)c1. The van der Waals surface area contributed by atoms with E-state index in [-0.39, 0.29) is 10.1 Å². The number of unbranched alkanes of at least 4 members (excludes halogenated alkanes) is 3. The van der Waals surface area contributed by atoms with Crippen molar-refractivity contribution < 1.29 is 35.8 Å². The molecule has 0 bridgehead atoms. The zero-order valence-electron chi connectivity index (χ0n) is 24.5. The van der Waals surface area contributed by atoms with Crippen molar-refractivity contribution in [2.75, 3.05) is 27.0 Å². The molecule has 1 aromatic carbocycles. The molecule has 1 rings (SSSR count). The molecule has 40 heavy (non-hydrogen) atoms. The summed E-state index contributed by atoms with van der Waals surface area (Å²) < 4.78 is 101. The van der Waals surface area contributed by atoms with Crippen molar-refractivity contribution in [2.45, 2.75) is 97.1 Å². The average Bonchev–Trinajstić information content (AvgIpc) is 2.88. The van der Waals surface area contributed by atoms with Gasteiger partial charge >= 0.3 is 241 Å². The molecule has 0 radical (unpaired) electrons. The quantitative estimate of drug-likeness (QED) is 0.0593. The number of nitrogens with zero attached hydrogens (tertiary/aromatic N) is 1. The van der Waals surface area contributed by atoms with Gasteiger partial charge in [0, 0.05) is 0 Å². The zero-order valence-corrected chi connectivity index (χ0v) is 27.4. The van der Waals surface area contributed by atoms with E-state index in [2.05, 4.69) is 17.9 Å². The van der Waals surface area contributed by atoms with Crippen LogP contribution < -0.4 is 3.58 Å².